The Labute approximate surface area is 161 Å². The fourth-order valence-corrected chi connectivity index (χ4v) is 4.62. The number of hydrogen-bond acceptors (Lipinski definition) is 5. The molecule has 1 aromatic heterocycles. The molecule has 28 heavy (non-hydrogen) atoms. The molecule has 3 aliphatic rings. The number of likely N-dealkylation sites (tertiary alicyclic amines) is 1. The van der Waals surface area contributed by atoms with E-state index in [1.165, 1.54) is 0 Å². The quantitative estimate of drug-likeness (QED) is 0.450. The first-order valence-electron chi connectivity index (χ1n) is 9.40. The molecule has 0 spiro atoms. The second-order valence-electron chi connectivity index (χ2n) is 7.54. The molecule has 7 nitrogen and oxygen atoms in total. The predicted molar refractivity (Wildman–Crippen MR) is 97.8 cm³/mol. The van der Waals surface area contributed by atoms with Gasteiger partial charge in [-0.05, 0) is 42.0 Å². The van der Waals surface area contributed by atoms with E-state index in [2.05, 4.69) is 5.10 Å². The summed E-state index contributed by atoms with van der Waals surface area (Å²) in [6.07, 6.45) is 8.49. The molecule has 1 saturated heterocycles. The number of imide groups is 1. The highest BCUT2D eigenvalue weighted by Crippen LogP contribution is 2.52. The summed E-state index contributed by atoms with van der Waals surface area (Å²) in [6, 6.07) is 9.31. The lowest BCUT2D eigenvalue weighted by molar-refractivity contribution is -0.154. The molecule has 2 heterocycles. The summed E-state index contributed by atoms with van der Waals surface area (Å²) in [5, 5.41) is 4.16. The van der Waals surface area contributed by atoms with Crippen molar-refractivity contribution in [3.8, 4) is 5.69 Å². The molecule has 2 fully saturated rings. The highest BCUT2D eigenvalue weighted by atomic mass is 16.5. The van der Waals surface area contributed by atoms with E-state index in [1.807, 2.05) is 48.7 Å². The van der Waals surface area contributed by atoms with E-state index in [0.717, 1.165) is 22.6 Å². The van der Waals surface area contributed by atoms with Crippen LogP contribution < -0.4 is 0 Å². The number of nitrogens with zero attached hydrogens (tertiary/aromatic N) is 3. The Bertz CT molecular complexity index is 934. The topological polar surface area (TPSA) is 81.5 Å². The van der Waals surface area contributed by atoms with Crippen LogP contribution in [0.4, 0.5) is 0 Å². The van der Waals surface area contributed by atoms with Crippen molar-refractivity contribution in [2.75, 3.05) is 6.54 Å². The lowest BCUT2D eigenvalue weighted by Gasteiger charge is -2.16. The van der Waals surface area contributed by atoms with E-state index < -0.39 is 5.97 Å². The highest BCUT2D eigenvalue weighted by Gasteiger charge is 2.59. The summed E-state index contributed by atoms with van der Waals surface area (Å²) >= 11 is 0. The van der Waals surface area contributed by atoms with Gasteiger partial charge in [-0.25, -0.2) is 4.68 Å². The number of carbonyl (C=O) groups is 3. The zero-order chi connectivity index (χ0) is 19.3. The molecule has 2 aromatic rings. The SMILES string of the molecule is O=C(CN1C(=O)C2C3C=CC(C3)C2C1=O)OCc1ccc(-n2cccn2)cc1. The summed E-state index contributed by atoms with van der Waals surface area (Å²) in [4.78, 5) is 38.5. The van der Waals surface area contributed by atoms with Gasteiger partial charge in [-0.1, -0.05) is 24.3 Å². The Morgan fingerprint density at radius 2 is 1.75 bits per heavy atom. The van der Waals surface area contributed by atoms with Crippen LogP contribution >= 0.6 is 0 Å². The number of ether oxygens (including phenoxy) is 1. The van der Waals surface area contributed by atoms with Crippen LogP contribution in [0.3, 0.4) is 0 Å². The zero-order valence-electron chi connectivity index (χ0n) is 15.1. The van der Waals surface area contributed by atoms with Crippen LogP contribution in [0.1, 0.15) is 12.0 Å². The standard InChI is InChI=1S/C21H19N3O4/c25-17(28-12-13-2-6-16(7-3-13)24-9-1-8-22-24)11-23-20(26)18-14-4-5-15(10-14)19(18)21(23)27/h1-9,14-15,18-19H,10-12H2. The summed E-state index contributed by atoms with van der Waals surface area (Å²) in [5.74, 6) is -1.32. The van der Waals surface area contributed by atoms with Crippen LogP contribution in [0.15, 0.2) is 54.9 Å². The third-order valence-electron chi connectivity index (χ3n) is 5.95. The van der Waals surface area contributed by atoms with Gasteiger partial charge in [0.15, 0.2) is 0 Å². The molecule has 2 aliphatic carbocycles. The number of fused-ring (bicyclic) bond motifs is 5. The highest BCUT2D eigenvalue weighted by molar-refractivity contribution is 6.08. The minimum atomic E-state index is -0.571. The Balaban J connectivity index is 1.18. The first-order chi connectivity index (χ1) is 13.6. The van der Waals surface area contributed by atoms with Gasteiger partial charge in [0, 0.05) is 12.4 Å². The van der Waals surface area contributed by atoms with E-state index in [-0.39, 0.29) is 48.6 Å². The number of benzene rings is 1. The fraction of sp³-hybridized carbons (Fsp3) is 0.333. The van der Waals surface area contributed by atoms with Crippen molar-refractivity contribution in [2.45, 2.75) is 13.0 Å². The maximum Gasteiger partial charge on any atom is 0.326 e. The molecule has 2 bridgehead atoms. The van der Waals surface area contributed by atoms with Gasteiger partial charge in [-0.15, -0.1) is 0 Å². The average Bonchev–Trinajstić information content (AvgIpc) is 3.49. The largest absolute Gasteiger partial charge is 0.459 e. The van der Waals surface area contributed by atoms with Crippen molar-refractivity contribution in [2.24, 2.45) is 23.7 Å². The lowest BCUT2D eigenvalue weighted by atomic mass is 9.85. The molecule has 1 aliphatic heterocycles. The van der Waals surface area contributed by atoms with Gasteiger partial charge < -0.3 is 4.74 Å². The van der Waals surface area contributed by atoms with Crippen LogP contribution in [0.2, 0.25) is 0 Å². The number of carbonyl (C=O) groups excluding carboxylic acids is 3. The van der Waals surface area contributed by atoms with Crippen LogP contribution in [0, 0.1) is 23.7 Å². The first-order valence-corrected chi connectivity index (χ1v) is 9.40. The third kappa shape index (κ3) is 2.66. The first kappa shape index (κ1) is 16.9. The predicted octanol–water partition coefficient (Wildman–Crippen LogP) is 1.72. The minimum absolute atomic E-state index is 0.0914. The average molecular weight is 377 g/mol. The van der Waals surface area contributed by atoms with Crippen molar-refractivity contribution < 1.29 is 19.1 Å². The lowest BCUT2D eigenvalue weighted by Crippen LogP contribution is -2.37. The smallest absolute Gasteiger partial charge is 0.326 e. The second kappa shape index (κ2) is 6.44. The van der Waals surface area contributed by atoms with Gasteiger partial charge in [0.2, 0.25) is 11.8 Å². The molecule has 5 rings (SSSR count). The van der Waals surface area contributed by atoms with E-state index in [1.54, 1.807) is 10.9 Å². The minimum Gasteiger partial charge on any atom is -0.459 e. The summed E-state index contributed by atoms with van der Waals surface area (Å²) in [5.41, 5.74) is 1.73. The Hall–Kier alpha value is -3.22. The Morgan fingerprint density at radius 1 is 1.07 bits per heavy atom. The maximum absolute atomic E-state index is 12.6. The molecular weight excluding hydrogens is 358 g/mol. The zero-order valence-corrected chi connectivity index (χ0v) is 15.1. The van der Waals surface area contributed by atoms with Crippen molar-refractivity contribution >= 4 is 17.8 Å². The van der Waals surface area contributed by atoms with E-state index in [9.17, 15) is 14.4 Å². The molecule has 1 aromatic carbocycles. The van der Waals surface area contributed by atoms with Crippen LogP contribution in [-0.2, 0) is 25.7 Å². The van der Waals surface area contributed by atoms with Crippen molar-refractivity contribution in [1.29, 1.82) is 0 Å². The van der Waals surface area contributed by atoms with E-state index in [0.29, 0.717) is 0 Å². The summed E-state index contributed by atoms with van der Waals surface area (Å²) in [7, 11) is 0. The molecule has 7 heteroatoms. The number of aromatic nitrogens is 2. The molecular formula is C21H19N3O4. The normalized spacial score (nSPS) is 27.5. The van der Waals surface area contributed by atoms with Gasteiger partial charge in [0.05, 0.1) is 17.5 Å². The summed E-state index contributed by atoms with van der Waals surface area (Å²) in [6.45, 7) is -0.219. The van der Waals surface area contributed by atoms with Crippen LogP contribution in [-0.4, -0.2) is 39.0 Å². The van der Waals surface area contributed by atoms with Gasteiger partial charge >= 0.3 is 5.97 Å². The van der Waals surface area contributed by atoms with Gasteiger partial charge in [-0.2, -0.15) is 5.10 Å². The monoisotopic (exact) mass is 377 g/mol. The van der Waals surface area contributed by atoms with Crippen molar-refractivity contribution in [1.82, 2.24) is 14.7 Å². The maximum atomic E-state index is 12.6. The number of hydrogen-bond donors (Lipinski definition) is 0. The number of esters is 1. The third-order valence-corrected chi connectivity index (χ3v) is 5.95. The number of allylic oxidation sites excluding steroid dienone is 2. The van der Waals surface area contributed by atoms with Crippen molar-refractivity contribution in [3.05, 3.63) is 60.4 Å². The molecule has 4 unspecified atom stereocenters. The summed E-state index contributed by atoms with van der Waals surface area (Å²) < 4.78 is 7.02. The molecule has 142 valence electrons. The van der Waals surface area contributed by atoms with Crippen LogP contribution in [0.5, 0.6) is 0 Å². The van der Waals surface area contributed by atoms with E-state index >= 15 is 0 Å². The van der Waals surface area contributed by atoms with Gasteiger partial charge in [0.25, 0.3) is 0 Å². The fourth-order valence-electron chi connectivity index (χ4n) is 4.62. The number of rotatable bonds is 5. The molecule has 1 saturated carbocycles. The van der Waals surface area contributed by atoms with Crippen molar-refractivity contribution in [3.63, 3.8) is 0 Å². The van der Waals surface area contributed by atoms with E-state index in [4.69, 9.17) is 4.74 Å². The van der Waals surface area contributed by atoms with Gasteiger partial charge in [0.1, 0.15) is 13.2 Å². The molecule has 0 N–H and O–H groups in total. The number of amides is 2. The van der Waals surface area contributed by atoms with Crippen LogP contribution in [0.25, 0.3) is 5.69 Å². The Morgan fingerprint density at radius 3 is 2.36 bits per heavy atom. The Kier molecular flexibility index (Phi) is 3.89. The molecule has 4 atom stereocenters. The molecule has 0 radical (unpaired) electrons. The van der Waals surface area contributed by atoms with Gasteiger partial charge in [-0.3, -0.25) is 19.3 Å². The molecule has 2 amide bonds. The second-order valence-corrected chi connectivity index (χ2v) is 7.54.